The number of nitrogens with zero attached hydrogens (tertiary/aromatic N) is 1. The third-order valence-electron chi connectivity index (χ3n) is 1.76. The van der Waals surface area contributed by atoms with E-state index >= 15 is 0 Å². The summed E-state index contributed by atoms with van der Waals surface area (Å²) in [5.41, 5.74) is -0.762. The fourth-order valence-corrected chi connectivity index (χ4v) is 0.892. The minimum Gasteiger partial charge on any atom is -0.479 e. The van der Waals surface area contributed by atoms with Crippen LogP contribution >= 0.6 is 0 Å². The Morgan fingerprint density at radius 1 is 1.69 bits per heavy atom. The molecule has 0 fully saturated rings. The van der Waals surface area contributed by atoms with Gasteiger partial charge in [0.2, 0.25) is 0 Å². The zero-order valence-corrected chi connectivity index (χ0v) is 6.64. The molecule has 0 aliphatic carbocycles. The highest BCUT2D eigenvalue weighted by Crippen LogP contribution is 2.27. The van der Waals surface area contributed by atoms with Crippen molar-refractivity contribution in [1.29, 1.82) is 0 Å². The van der Waals surface area contributed by atoms with Crippen LogP contribution in [0.3, 0.4) is 0 Å². The van der Waals surface area contributed by atoms with Gasteiger partial charge in [0.25, 0.3) is 0 Å². The second-order valence-electron chi connectivity index (χ2n) is 2.98. The first-order valence-electron chi connectivity index (χ1n) is 3.40. The molecule has 0 aromatic heterocycles. The van der Waals surface area contributed by atoms with Gasteiger partial charge >= 0.3 is 12.1 Å². The lowest BCUT2D eigenvalue weighted by atomic mass is 9.97. The standard InChI is InChI=1S/C6H7F3N2O2/c1-5(4(12)13)2-3(10-11-5)6(7,8)9/h11H,2H2,1H3,(H,12,13)/t5-/m1/s1. The van der Waals surface area contributed by atoms with Crippen molar-refractivity contribution in [3.8, 4) is 0 Å². The number of nitrogens with one attached hydrogen (secondary N) is 1. The molecule has 74 valence electrons. The first kappa shape index (κ1) is 9.82. The van der Waals surface area contributed by atoms with Gasteiger partial charge in [0.1, 0.15) is 5.71 Å². The summed E-state index contributed by atoms with van der Waals surface area (Å²) in [6.45, 7) is 1.15. The second-order valence-corrected chi connectivity index (χ2v) is 2.98. The molecule has 1 heterocycles. The van der Waals surface area contributed by atoms with Crippen molar-refractivity contribution in [1.82, 2.24) is 5.43 Å². The van der Waals surface area contributed by atoms with Gasteiger partial charge in [-0.05, 0) is 6.92 Å². The van der Waals surface area contributed by atoms with Gasteiger partial charge in [-0.3, -0.25) is 5.43 Å². The molecule has 1 atom stereocenters. The lowest BCUT2D eigenvalue weighted by molar-refractivity contribution is -0.143. The Hall–Kier alpha value is -1.27. The third kappa shape index (κ3) is 1.73. The summed E-state index contributed by atoms with van der Waals surface area (Å²) in [7, 11) is 0. The van der Waals surface area contributed by atoms with Crippen LogP contribution in [-0.4, -0.2) is 28.5 Å². The summed E-state index contributed by atoms with van der Waals surface area (Å²) in [5, 5.41) is 11.5. The van der Waals surface area contributed by atoms with E-state index in [0.717, 1.165) is 6.92 Å². The number of hydrogen-bond donors (Lipinski definition) is 2. The highest BCUT2D eigenvalue weighted by atomic mass is 19.4. The number of hydrazone groups is 1. The highest BCUT2D eigenvalue weighted by Gasteiger charge is 2.48. The third-order valence-corrected chi connectivity index (χ3v) is 1.76. The van der Waals surface area contributed by atoms with Gasteiger partial charge in [0.05, 0.1) is 0 Å². The van der Waals surface area contributed by atoms with Crippen molar-refractivity contribution >= 4 is 11.7 Å². The molecule has 1 aliphatic heterocycles. The SMILES string of the molecule is C[C@]1(C(=O)O)CC(C(F)(F)F)=NN1. The zero-order chi connectivity index (χ0) is 10.3. The molecule has 0 spiro atoms. The maximum absolute atomic E-state index is 12.0. The molecule has 2 N–H and O–H groups in total. The summed E-state index contributed by atoms with van der Waals surface area (Å²) < 4.78 is 36.0. The van der Waals surface area contributed by atoms with Crippen LogP contribution in [0.4, 0.5) is 13.2 Å². The Balaban J connectivity index is 2.77. The van der Waals surface area contributed by atoms with Crippen LogP contribution in [0, 0.1) is 0 Å². The smallest absolute Gasteiger partial charge is 0.431 e. The van der Waals surface area contributed by atoms with E-state index in [1.807, 2.05) is 5.43 Å². The Morgan fingerprint density at radius 3 is 2.46 bits per heavy atom. The molecule has 0 aromatic rings. The van der Waals surface area contributed by atoms with Gasteiger partial charge in [-0.1, -0.05) is 0 Å². The van der Waals surface area contributed by atoms with E-state index in [4.69, 9.17) is 5.11 Å². The minimum atomic E-state index is -4.56. The molecular formula is C6H7F3N2O2. The lowest BCUT2D eigenvalue weighted by Crippen LogP contribution is -2.44. The lowest BCUT2D eigenvalue weighted by Gasteiger charge is -2.17. The van der Waals surface area contributed by atoms with Gasteiger partial charge in [-0.25, -0.2) is 4.79 Å². The van der Waals surface area contributed by atoms with Crippen molar-refractivity contribution in [2.24, 2.45) is 5.10 Å². The van der Waals surface area contributed by atoms with Crippen LogP contribution < -0.4 is 5.43 Å². The van der Waals surface area contributed by atoms with Gasteiger partial charge in [0, 0.05) is 6.42 Å². The monoisotopic (exact) mass is 196 g/mol. The number of rotatable bonds is 1. The first-order valence-corrected chi connectivity index (χ1v) is 3.40. The van der Waals surface area contributed by atoms with E-state index in [2.05, 4.69) is 5.10 Å². The van der Waals surface area contributed by atoms with Crippen molar-refractivity contribution in [2.75, 3.05) is 0 Å². The van der Waals surface area contributed by atoms with Crippen molar-refractivity contribution in [3.05, 3.63) is 0 Å². The molecule has 7 heteroatoms. The van der Waals surface area contributed by atoms with Crippen LogP contribution in [0.15, 0.2) is 5.10 Å². The van der Waals surface area contributed by atoms with E-state index in [1.54, 1.807) is 0 Å². The zero-order valence-electron chi connectivity index (χ0n) is 6.64. The maximum atomic E-state index is 12.0. The normalized spacial score (nSPS) is 28.2. The molecular weight excluding hydrogens is 189 g/mol. The van der Waals surface area contributed by atoms with E-state index < -0.39 is 29.8 Å². The Morgan fingerprint density at radius 2 is 2.23 bits per heavy atom. The van der Waals surface area contributed by atoms with Crippen LogP contribution in [-0.2, 0) is 4.79 Å². The summed E-state index contributed by atoms with van der Waals surface area (Å²) in [4.78, 5) is 10.5. The highest BCUT2D eigenvalue weighted by molar-refractivity contribution is 5.97. The van der Waals surface area contributed by atoms with E-state index in [9.17, 15) is 18.0 Å². The molecule has 0 aromatic carbocycles. The number of carboxylic acid groups (broad SMARTS) is 1. The molecule has 1 rings (SSSR count). The van der Waals surface area contributed by atoms with Gasteiger partial charge in [0.15, 0.2) is 5.54 Å². The van der Waals surface area contributed by atoms with Crippen LogP contribution in [0.2, 0.25) is 0 Å². The van der Waals surface area contributed by atoms with Crippen molar-refractivity contribution < 1.29 is 23.1 Å². The number of aliphatic carboxylic acids is 1. The number of alkyl halides is 3. The topological polar surface area (TPSA) is 61.7 Å². The maximum Gasteiger partial charge on any atom is 0.431 e. The van der Waals surface area contributed by atoms with Gasteiger partial charge in [-0.2, -0.15) is 18.3 Å². The summed E-state index contributed by atoms with van der Waals surface area (Å²) in [5.74, 6) is -1.35. The van der Waals surface area contributed by atoms with Crippen molar-refractivity contribution in [2.45, 2.75) is 25.1 Å². The average Bonchev–Trinajstić information content (AvgIpc) is 2.31. The number of halogens is 3. The fraction of sp³-hybridized carbons (Fsp3) is 0.667. The summed E-state index contributed by atoms with van der Waals surface area (Å²) in [6, 6.07) is 0. The molecule has 1 aliphatic rings. The van der Waals surface area contributed by atoms with Gasteiger partial charge < -0.3 is 5.11 Å². The van der Waals surface area contributed by atoms with Crippen LogP contribution in [0.25, 0.3) is 0 Å². The predicted octanol–water partition coefficient (Wildman–Crippen LogP) is 0.741. The quantitative estimate of drug-likeness (QED) is 0.650. The number of carbonyl (C=O) groups is 1. The molecule has 0 saturated heterocycles. The number of hydrogen-bond acceptors (Lipinski definition) is 3. The number of carboxylic acids is 1. The Labute approximate surface area is 71.4 Å². The molecule has 0 bridgehead atoms. The van der Waals surface area contributed by atoms with Gasteiger partial charge in [-0.15, -0.1) is 0 Å². The minimum absolute atomic E-state index is 0.647. The molecule has 0 radical (unpaired) electrons. The molecule has 13 heavy (non-hydrogen) atoms. The largest absolute Gasteiger partial charge is 0.479 e. The molecule has 0 unspecified atom stereocenters. The second kappa shape index (κ2) is 2.61. The Bertz CT molecular complexity index is 274. The van der Waals surface area contributed by atoms with E-state index in [-0.39, 0.29) is 0 Å². The van der Waals surface area contributed by atoms with E-state index in [0.29, 0.717) is 0 Å². The first-order chi connectivity index (χ1) is 5.76. The fourth-order valence-electron chi connectivity index (χ4n) is 0.892. The molecule has 0 saturated carbocycles. The van der Waals surface area contributed by atoms with E-state index in [1.165, 1.54) is 0 Å². The molecule has 4 nitrogen and oxygen atoms in total. The Kier molecular flexibility index (Phi) is 1.97. The van der Waals surface area contributed by atoms with Crippen LogP contribution in [0.5, 0.6) is 0 Å². The average molecular weight is 196 g/mol. The molecule has 0 amide bonds. The summed E-state index contributed by atoms with van der Waals surface area (Å²) >= 11 is 0. The van der Waals surface area contributed by atoms with Crippen LogP contribution in [0.1, 0.15) is 13.3 Å². The predicted molar refractivity (Wildman–Crippen MR) is 37.3 cm³/mol. The van der Waals surface area contributed by atoms with Crippen molar-refractivity contribution in [3.63, 3.8) is 0 Å². The summed E-state index contributed by atoms with van der Waals surface area (Å²) in [6.07, 6.45) is -5.20.